The lowest BCUT2D eigenvalue weighted by atomic mass is 10.1. The molecule has 0 aliphatic rings. The summed E-state index contributed by atoms with van der Waals surface area (Å²) in [5.41, 5.74) is 1.24. The summed E-state index contributed by atoms with van der Waals surface area (Å²) in [5.74, 6) is 0.992. The van der Waals surface area contributed by atoms with Crippen LogP contribution in [0.15, 0.2) is 88.3 Å². The van der Waals surface area contributed by atoms with Crippen molar-refractivity contribution in [3.05, 3.63) is 81.9 Å². The topological polar surface area (TPSA) is 105 Å². The Kier molecular flexibility index (Phi) is 7.57. The highest BCUT2D eigenvalue weighted by Gasteiger charge is 2.16. The third kappa shape index (κ3) is 5.47. The van der Waals surface area contributed by atoms with E-state index in [-0.39, 0.29) is 0 Å². The van der Waals surface area contributed by atoms with Gasteiger partial charge in [0.1, 0.15) is 0 Å². The molecule has 40 heavy (non-hydrogen) atoms. The van der Waals surface area contributed by atoms with Crippen molar-refractivity contribution in [3.8, 4) is 11.5 Å². The minimum atomic E-state index is -0.411. The molecule has 0 atom stereocenters. The average Bonchev–Trinajstić information content (AvgIpc) is 3.62. The van der Waals surface area contributed by atoms with Gasteiger partial charge in [-0.1, -0.05) is 38.5 Å². The lowest BCUT2D eigenvalue weighted by Gasteiger charge is -2.09. The zero-order valence-electron chi connectivity index (χ0n) is 22.1. The molecular weight excluding hydrogens is 512 g/mol. The molecule has 0 aliphatic heterocycles. The van der Waals surface area contributed by atoms with Crippen molar-refractivity contribution in [2.24, 2.45) is 0 Å². The normalized spacial score (nSPS) is 11.7. The van der Waals surface area contributed by atoms with Crippen molar-refractivity contribution in [2.45, 2.75) is 51.4 Å². The molecule has 0 fully saturated rings. The Morgan fingerprint density at radius 1 is 0.475 bits per heavy atom. The van der Waals surface area contributed by atoms with Gasteiger partial charge in [-0.25, -0.2) is 9.59 Å². The van der Waals surface area contributed by atoms with E-state index in [0.717, 1.165) is 72.9 Å². The lowest BCUT2D eigenvalue weighted by Crippen LogP contribution is -2.01. The summed E-state index contributed by atoms with van der Waals surface area (Å²) in [4.78, 5) is 23.5. The number of ether oxygens (including phenoxy) is 2. The second-order valence-corrected chi connectivity index (χ2v) is 9.96. The Hall–Kier alpha value is -4.46. The molecule has 6 aromatic rings. The monoisotopic (exact) mass is 542 g/mol. The summed E-state index contributed by atoms with van der Waals surface area (Å²) in [5, 5.41) is 3.46. The van der Waals surface area contributed by atoms with Crippen LogP contribution in [0, 0.1) is 0 Å². The highest BCUT2D eigenvalue weighted by atomic mass is 16.5. The summed E-state index contributed by atoms with van der Waals surface area (Å²) in [6, 6.07) is 13.9. The molecule has 2 aromatic carbocycles. The molecule has 0 spiro atoms. The smallest absolute Gasteiger partial charge is 0.336 e. The van der Waals surface area contributed by atoms with Gasteiger partial charge in [0.25, 0.3) is 0 Å². The maximum Gasteiger partial charge on any atom is 0.336 e. The van der Waals surface area contributed by atoms with E-state index in [1.807, 2.05) is 24.3 Å². The van der Waals surface area contributed by atoms with Gasteiger partial charge in [-0.05, 0) is 49.2 Å². The average molecular weight is 543 g/mol. The van der Waals surface area contributed by atoms with Gasteiger partial charge in [-0.15, -0.1) is 0 Å². The van der Waals surface area contributed by atoms with E-state index in [0.29, 0.717) is 47.0 Å². The standard InChI is InChI=1S/C32H30O8/c33-25-11-9-21-19-23-13-17-37-27(23)31(29(21)39-25)35-15-7-5-3-1-2-4-6-8-16-36-32-28-24(14-18-38-28)20-22-10-12-26(34)40-30(22)32/h9-14,17-20H,1-8,15-16H2. The van der Waals surface area contributed by atoms with Crippen LogP contribution in [0.4, 0.5) is 0 Å². The lowest BCUT2D eigenvalue weighted by molar-refractivity contribution is 0.298. The fourth-order valence-electron chi connectivity index (χ4n) is 5.09. The molecule has 0 radical (unpaired) electrons. The summed E-state index contributed by atoms with van der Waals surface area (Å²) < 4.78 is 34.1. The summed E-state index contributed by atoms with van der Waals surface area (Å²) >= 11 is 0. The SMILES string of the molecule is O=c1ccc2cc3ccoc3c(OCCCCCCCCCCOc3c4occc4cc4ccc(=O)oc34)c2o1. The Morgan fingerprint density at radius 3 is 1.32 bits per heavy atom. The number of rotatable bonds is 13. The van der Waals surface area contributed by atoms with Crippen LogP contribution in [0.2, 0.25) is 0 Å². The van der Waals surface area contributed by atoms with Crippen molar-refractivity contribution < 1.29 is 27.1 Å². The molecule has 0 bridgehead atoms. The van der Waals surface area contributed by atoms with E-state index < -0.39 is 11.3 Å². The third-order valence-electron chi connectivity index (χ3n) is 7.10. The van der Waals surface area contributed by atoms with Gasteiger partial charge in [0, 0.05) is 33.7 Å². The fourth-order valence-corrected chi connectivity index (χ4v) is 5.09. The Labute approximate surface area is 229 Å². The van der Waals surface area contributed by atoms with E-state index in [2.05, 4.69) is 0 Å². The van der Waals surface area contributed by atoms with Crippen molar-refractivity contribution in [1.82, 2.24) is 0 Å². The van der Waals surface area contributed by atoms with E-state index in [4.69, 9.17) is 27.1 Å². The van der Waals surface area contributed by atoms with Crippen LogP contribution in [0.25, 0.3) is 43.9 Å². The van der Waals surface area contributed by atoms with Crippen LogP contribution in [-0.4, -0.2) is 13.2 Å². The Bertz CT molecular complexity index is 1730. The van der Waals surface area contributed by atoms with Crippen LogP contribution in [0.5, 0.6) is 11.5 Å². The highest BCUT2D eigenvalue weighted by Crippen LogP contribution is 2.36. The predicted molar refractivity (Wildman–Crippen MR) is 152 cm³/mol. The molecule has 0 saturated carbocycles. The molecule has 8 nitrogen and oxygen atoms in total. The van der Waals surface area contributed by atoms with Gasteiger partial charge in [0.05, 0.1) is 25.7 Å². The maximum atomic E-state index is 11.8. The maximum absolute atomic E-state index is 11.8. The number of hydrogen-bond acceptors (Lipinski definition) is 8. The second-order valence-electron chi connectivity index (χ2n) is 9.96. The number of unbranched alkanes of at least 4 members (excludes halogenated alkanes) is 7. The summed E-state index contributed by atoms with van der Waals surface area (Å²) in [7, 11) is 0. The molecule has 0 N–H and O–H groups in total. The predicted octanol–water partition coefficient (Wildman–Crippen LogP) is 7.97. The van der Waals surface area contributed by atoms with E-state index in [1.54, 1.807) is 24.7 Å². The van der Waals surface area contributed by atoms with Crippen LogP contribution in [0.1, 0.15) is 51.4 Å². The number of fused-ring (bicyclic) bond motifs is 4. The van der Waals surface area contributed by atoms with Gasteiger partial charge < -0.3 is 27.1 Å². The van der Waals surface area contributed by atoms with Crippen molar-refractivity contribution in [2.75, 3.05) is 13.2 Å². The van der Waals surface area contributed by atoms with Crippen LogP contribution in [-0.2, 0) is 0 Å². The molecule has 206 valence electrons. The first kappa shape index (κ1) is 25.8. The number of furan rings is 2. The van der Waals surface area contributed by atoms with Crippen molar-refractivity contribution >= 4 is 43.9 Å². The van der Waals surface area contributed by atoms with Gasteiger partial charge >= 0.3 is 11.3 Å². The molecule has 0 amide bonds. The minimum absolute atomic E-state index is 0.411. The molecule has 8 heteroatoms. The number of benzene rings is 2. The minimum Gasteiger partial charge on any atom is -0.486 e. The van der Waals surface area contributed by atoms with Gasteiger partial charge in [-0.2, -0.15) is 0 Å². The Balaban J connectivity index is 0.901. The first-order chi connectivity index (χ1) is 19.7. The van der Waals surface area contributed by atoms with Crippen LogP contribution in [0.3, 0.4) is 0 Å². The molecule has 6 rings (SSSR count). The largest absolute Gasteiger partial charge is 0.486 e. The molecule has 4 aromatic heterocycles. The van der Waals surface area contributed by atoms with Crippen LogP contribution >= 0.6 is 0 Å². The summed E-state index contributed by atoms with van der Waals surface area (Å²) in [6.07, 6.45) is 11.7. The molecule has 0 unspecified atom stereocenters. The Morgan fingerprint density at radius 2 is 0.875 bits per heavy atom. The molecule has 4 heterocycles. The third-order valence-corrected chi connectivity index (χ3v) is 7.10. The zero-order chi connectivity index (χ0) is 27.3. The molecule has 0 saturated heterocycles. The first-order valence-corrected chi connectivity index (χ1v) is 13.8. The molecular formula is C32H30O8. The van der Waals surface area contributed by atoms with Crippen molar-refractivity contribution in [1.29, 1.82) is 0 Å². The van der Waals surface area contributed by atoms with Crippen molar-refractivity contribution in [3.63, 3.8) is 0 Å². The quantitative estimate of drug-likeness (QED) is 0.107. The van der Waals surface area contributed by atoms with Gasteiger partial charge in [0.15, 0.2) is 22.3 Å². The molecule has 0 aliphatic carbocycles. The zero-order valence-corrected chi connectivity index (χ0v) is 22.1. The fraction of sp³-hybridized carbons (Fsp3) is 0.312. The van der Waals surface area contributed by atoms with Crippen LogP contribution < -0.4 is 20.7 Å². The van der Waals surface area contributed by atoms with Gasteiger partial charge in [0.2, 0.25) is 11.5 Å². The van der Waals surface area contributed by atoms with E-state index in [1.165, 1.54) is 12.1 Å². The highest BCUT2D eigenvalue weighted by molar-refractivity contribution is 6.00. The van der Waals surface area contributed by atoms with E-state index >= 15 is 0 Å². The van der Waals surface area contributed by atoms with Gasteiger partial charge in [-0.3, -0.25) is 0 Å². The second kappa shape index (κ2) is 11.7. The van der Waals surface area contributed by atoms with E-state index in [9.17, 15) is 9.59 Å². The summed E-state index contributed by atoms with van der Waals surface area (Å²) in [6.45, 7) is 1.06. The first-order valence-electron chi connectivity index (χ1n) is 13.8. The number of hydrogen-bond donors (Lipinski definition) is 0.